The first-order valence-electron chi connectivity index (χ1n) is 3.57. The van der Waals surface area contributed by atoms with Crippen LogP contribution in [0.5, 0.6) is 0 Å². The third-order valence-corrected chi connectivity index (χ3v) is 6.16. The quantitative estimate of drug-likeness (QED) is 0.737. The van der Waals surface area contributed by atoms with Gasteiger partial charge in [-0.2, -0.15) is 0 Å². The Morgan fingerprint density at radius 3 is 1.36 bits per heavy atom. The van der Waals surface area contributed by atoms with Crippen molar-refractivity contribution in [2.45, 2.75) is 39.9 Å². The predicted molar refractivity (Wildman–Crippen MR) is 50.3 cm³/mol. The molecule has 0 aliphatic carbocycles. The van der Waals surface area contributed by atoms with Crippen molar-refractivity contribution in [1.82, 2.24) is 0 Å². The van der Waals surface area contributed by atoms with Gasteiger partial charge in [0.15, 0.2) is 0 Å². The van der Waals surface area contributed by atoms with Gasteiger partial charge >= 0.3 is 86.0 Å². The van der Waals surface area contributed by atoms with Gasteiger partial charge < -0.3 is 0 Å². The monoisotopic (exact) mass is 324 g/mol. The van der Waals surface area contributed by atoms with E-state index in [1.165, 1.54) is 0 Å². The Morgan fingerprint density at radius 1 is 0.909 bits per heavy atom. The molecule has 68 valence electrons. The summed E-state index contributed by atoms with van der Waals surface area (Å²) in [4.78, 5) is 0. The van der Waals surface area contributed by atoms with Gasteiger partial charge in [0.05, 0.1) is 0 Å². The molecule has 0 aromatic rings. The number of hydrogen-bond donors (Lipinski definition) is 0. The molecule has 5 heteroatoms. The molecule has 0 heterocycles. The second-order valence-electron chi connectivity index (χ2n) is 2.80. The number of rotatable bonds is 4. The minimum absolute atomic E-state index is 0.201. The third-order valence-electron chi connectivity index (χ3n) is 0.746. The summed E-state index contributed by atoms with van der Waals surface area (Å²) in [6.07, 6.45) is 0.403. The molecule has 0 aliphatic rings. The summed E-state index contributed by atoms with van der Waals surface area (Å²) >= 11 is 4.20. The molecule has 0 saturated heterocycles. The van der Waals surface area contributed by atoms with Crippen LogP contribution in [0.4, 0.5) is 0 Å². The molecule has 2 nitrogen and oxygen atoms in total. The van der Waals surface area contributed by atoms with Crippen molar-refractivity contribution < 1.29 is 19.8 Å². The Bertz CT molecular complexity index is 105. The van der Waals surface area contributed by atoms with Crippen LogP contribution in [-0.2, 0) is 19.8 Å². The van der Waals surface area contributed by atoms with Crippen LogP contribution in [0.1, 0.15) is 27.7 Å². The molecule has 0 rings (SSSR count). The molecule has 0 aliphatic heterocycles. The predicted octanol–water partition coefficient (Wildman–Crippen LogP) is 3.44. The van der Waals surface area contributed by atoms with Gasteiger partial charge in [-0.25, -0.2) is 0 Å². The summed E-state index contributed by atoms with van der Waals surface area (Å²) < 4.78 is 11.1. The first-order valence-corrected chi connectivity index (χ1v) is 12.6. The molecule has 0 radical (unpaired) electrons. The topological polar surface area (TPSA) is 18.5 Å². The van der Waals surface area contributed by atoms with Crippen molar-refractivity contribution in [1.29, 1.82) is 0 Å². The summed E-state index contributed by atoms with van der Waals surface area (Å²) in [5.41, 5.74) is 0. The van der Waals surface area contributed by atoms with Gasteiger partial charge in [0.2, 0.25) is 0 Å². The van der Waals surface area contributed by atoms with Gasteiger partial charge in [0, 0.05) is 0 Å². The number of halogens is 2. The van der Waals surface area contributed by atoms with Gasteiger partial charge in [-0.3, -0.25) is 0 Å². The van der Waals surface area contributed by atoms with E-state index >= 15 is 0 Å². The molecule has 0 saturated carbocycles. The average Bonchev–Trinajstić information content (AvgIpc) is 1.53. The van der Waals surface area contributed by atoms with E-state index in [0.717, 1.165) is 0 Å². The van der Waals surface area contributed by atoms with E-state index < -0.39 is 13.2 Å². The fraction of sp³-hybridized carbons (Fsp3) is 1.00. The van der Waals surface area contributed by atoms with Crippen LogP contribution in [-0.4, -0.2) is 12.2 Å². The van der Waals surface area contributed by atoms with E-state index in [1.807, 2.05) is 27.7 Å². The van der Waals surface area contributed by atoms with Crippen molar-refractivity contribution in [3.05, 3.63) is 0 Å². The van der Waals surface area contributed by atoms with Gasteiger partial charge in [-0.05, 0) is 0 Å². The maximum absolute atomic E-state index is 5.55. The molecule has 0 amide bonds. The van der Waals surface area contributed by atoms with Crippen molar-refractivity contribution in [3.63, 3.8) is 0 Å². The molecular formula is C6H14Br2O2Ti. The van der Waals surface area contributed by atoms with Gasteiger partial charge in [-0.15, -0.1) is 0 Å². The Balaban J connectivity index is 3.79. The fourth-order valence-corrected chi connectivity index (χ4v) is 8.54. The van der Waals surface area contributed by atoms with E-state index in [-0.39, 0.29) is 12.2 Å². The summed E-state index contributed by atoms with van der Waals surface area (Å²) in [5, 5.41) is 0. The van der Waals surface area contributed by atoms with Crippen LogP contribution in [0.25, 0.3) is 0 Å². The summed E-state index contributed by atoms with van der Waals surface area (Å²) in [6, 6.07) is 0. The molecule has 0 N–H and O–H groups in total. The third kappa shape index (κ3) is 7.94. The van der Waals surface area contributed by atoms with Crippen LogP contribution in [0.15, 0.2) is 0 Å². The molecule has 0 atom stereocenters. The van der Waals surface area contributed by atoms with Crippen LogP contribution in [0.3, 0.4) is 0 Å². The van der Waals surface area contributed by atoms with Crippen molar-refractivity contribution in [2.24, 2.45) is 0 Å². The molecule has 0 bridgehead atoms. The Morgan fingerprint density at radius 2 is 1.18 bits per heavy atom. The van der Waals surface area contributed by atoms with Crippen molar-refractivity contribution in [2.75, 3.05) is 0 Å². The van der Waals surface area contributed by atoms with E-state index in [9.17, 15) is 0 Å². The second-order valence-corrected chi connectivity index (χ2v) is 18.0. The summed E-state index contributed by atoms with van der Waals surface area (Å²) in [7, 11) is 0. The molecule has 0 aromatic carbocycles. The van der Waals surface area contributed by atoms with Crippen LogP contribution in [0, 0.1) is 0 Å². The van der Waals surface area contributed by atoms with E-state index in [0.29, 0.717) is 0 Å². The Hall–Kier alpha value is 1.59. The molecule has 0 fully saturated rings. The number of hydrogen-bond acceptors (Lipinski definition) is 2. The fourth-order valence-electron chi connectivity index (χ4n) is 0.577. The van der Waals surface area contributed by atoms with E-state index in [2.05, 4.69) is 26.3 Å². The second kappa shape index (κ2) is 5.35. The van der Waals surface area contributed by atoms with Gasteiger partial charge in [-0.1, -0.05) is 0 Å². The minimum atomic E-state index is -2.69. The SMILES string of the molecule is CC(C)[O][Ti]([Br])([Br])[O]C(C)C. The maximum atomic E-state index is 5.55. The molecule has 0 unspecified atom stereocenters. The van der Waals surface area contributed by atoms with Crippen molar-refractivity contribution in [3.8, 4) is 0 Å². The summed E-state index contributed by atoms with van der Waals surface area (Å²) in [6.45, 7) is 7.97. The van der Waals surface area contributed by atoms with E-state index in [4.69, 9.17) is 6.64 Å². The van der Waals surface area contributed by atoms with Crippen LogP contribution >= 0.6 is 26.3 Å². The average molecular weight is 326 g/mol. The Kier molecular flexibility index (Phi) is 6.13. The standard InChI is InChI=1S/2C3H7O.2BrH.Ti/c2*1-3(2)4;;;/h2*3H,1-2H3;2*1H;/q2*-1;;;+4/p-2. The molecular weight excluding hydrogens is 312 g/mol. The van der Waals surface area contributed by atoms with Gasteiger partial charge in [0.25, 0.3) is 0 Å². The zero-order chi connectivity index (χ0) is 9.07. The van der Waals surface area contributed by atoms with Crippen LogP contribution < -0.4 is 0 Å². The molecule has 0 spiro atoms. The molecule has 0 aromatic heterocycles. The first-order chi connectivity index (χ1) is 4.83. The molecule has 11 heavy (non-hydrogen) atoms. The van der Waals surface area contributed by atoms with E-state index in [1.54, 1.807) is 0 Å². The van der Waals surface area contributed by atoms with Crippen molar-refractivity contribution >= 4 is 26.3 Å². The van der Waals surface area contributed by atoms with Crippen LogP contribution in [0.2, 0.25) is 0 Å². The normalized spacial score (nSPS) is 13.1. The first kappa shape index (κ1) is 12.6. The zero-order valence-corrected chi connectivity index (χ0v) is 12.0. The Labute approximate surface area is 85.4 Å². The summed E-state index contributed by atoms with van der Waals surface area (Å²) in [5.74, 6) is 0. The zero-order valence-electron chi connectivity index (χ0n) is 7.23. The van der Waals surface area contributed by atoms with Gasteiger partial charge in [0.1, 0.15) is 0 Å².